The van der Waals surface area contributed by atoms with Crippen molar-refractivity contribution in [3.63, 3.8) is 0 Å². The number of nitrogens with two attached hydrogens (primary N) is 1. The number of nitrogens with zero attached hydrogens (tertiary/aromatic N) is 2. The number of nitrogen functional groups attached to an aromatic ring is 1. The maximum atomic E-state index is 11.7. The topological polar surface area (TPSA) is 117 Å². The van der Waals surface area contributed by atoms with Gasteiger partial charge in [0, 0.05) is 5.69 Å². The van der Waals surface area contributed by atoms with Gasteiger partial charge in [0.1, 0.15) is 17.9 Å². The van der Waals surface area contributed by atoms with E-state index in [9.17, 15) is 9.90 Å². The summed E-state index contributed by atoms with van der Waals surface area (Å²) in [5.41, 5.74) is 6.16. The van der Waals surface area contributed by atoms with Gasteiger partial charge >= 0.3 is 0 Å². The minimum Gasteiger partial charge on any atom is -0.508 e. The highest BCUT2D eigenvalue weighted by Crippen LogP contribution is 2.18. The molecule has 0 fully saturated rings. The second-order valence-electron chi connectivity index (χ2n) is 3.39. The minimum absolute atomic E-state index is 0.0102. The predicted molar refractivity (Wildman–Crippen MR) is 60.1 cm³/mol. The van der Waals surface area contributed by atoms with Gasteiger partial charge < -0.3 is 16.2 Å². The number of amides is 1. The molecule has 2 rings (SSSR count). The molecule has 1 aromatic carbocycles. The van der Waals surface area contributed by atoms with E-state index in [2.05, 4.69) is 20.5 Å². The highest BCUT2D eigenvalue weighted by atomic mass is 16.3. The molecular weight excluding hydrogens is 222 g/mol. The summed E-state index contributed by atoms with van der Waals surface area (Å²) in [6.07, 6.45) is 1.35. The van der Waals surface area contributed by atoms with Gasteiger partial charge in [0.15, 0.2) is 0 Å². The first-order valence-electron chi connectivity index (χ1n) is 4.88. The predicted octanol–water partition coefficient (Wildman–Crippen LogP) is 0.0225. The first-order chi connectivity index (χ1) is 8.16. The van der Waals surface area contributed by atoms with Crippen molar-refractivity contribution in [3.05, 3.63) is 35.9 Å². The van der Waals surface area contributed by atoms with Gasteiger partial charge in [-0.15, -0.1) is 0 Å². The Hall–Kier alpha value is -2.57. The maximum absolute atomic E-state index is 11.7. The van der Waals surface area contributed by atoms with Crippen LogP contribution in [0.1, 0.15) is 16.2 Å². The van der Waals surface area contributed by atoms with Crippen LogP contribution in [-0.2, 0) is 6.54 Å². The third-order valence-corrected chi connectivity index (χ3v) is 2.16. The SMILES string of the molecule is Nc1ccc(O)cc1C(=O)NCc1ncn[nH]1. The summed E-state index contributed by atoms with van der Waals surface area (Å²) < 4.78 is 0. The molecule has 0 unspecified atom stereocenters. The molecule has 1 amide bonds. The van der Waals surface area contributed by atoms with E-state index in [0.717, 1.165) is 0 Å². The molecule has 7 nitrogen and oxygen atoms in total. The fourth-order valence-electron chi connectivity index (χ4n) is 1.32. The summed E-state index contributed by atoms with van der Waals surface area (Å²) in [5, 5.41) is 18.1. The molecular formula is C10H11N5O2. The molecule has 0 spiro atoms. The van der Waals surface area contributed by atoms with E-state index < -0.39 is 0 Å². The largest absolute Gasteiger partial charge is 0.508 e. The zero-order valence-corrected chi connectivity index (χ0v) is 8.84. The highest BCUT2D eigenvalue weighted by Gasteiger charge is 2.10. The van der Waals surface area contributed by atoms with Crippen molar-refractivity contribution in [1.82, 2.24) is 20.5 Å². The van der Waals surface area contributed by atoms with E-state index in [4.69, 9.17) is 5.73 Å². The number of aromatic hydroxyl groups is 1. The Morgan fingerprint density at radius 2 is 2.35 bits per heavy atom. The molecule has 0 aliphatic heterocycles. The summed E-state index contributed by atoms with van der Waals surface area (Å²) in [6.45, 7) is 0.216. The number of rotatable bonds is 3. The van der Waals surface area contributed by atoms with Gasteiger partial charge in [0.05, 0.1) is 12.1 Å². The second kappa shape index (κ2) is 4.52. The summed E-state index contributed by atoms with van der Waals surface area (Å²) >= 11 is 0. The summed E-state index contributed by atoms with van der Waals surface area (Å²) in [5.74, 6) is 0.149. The van der Waals surface area contributed by atoms with Gasteiger partial charge in [0.2, 0.25) is 0 Å². The fraction of sp³-hybridized carbons (Fsp3) is 0.100. The number of benzene rings is 1. The van der Waals surface area contributed by atoms with Gasteiger partial charge in [-0.1, -0.05) is 0 Å². The Balaban J connectivity index is 2.07. The molecule has 2 aromatic rings. The summed E-state index contributed by atoms with van der Waals surface area (Å²) in [7, 11) is 0. The average Bonchev–Trinajstić information content (AvgIpc) is 2.82. The molecule has 0 atom stereocenters. The molecule has 1 heterocycles. The van der Waals surface area contributed by atoms with Crippen LogP contribution in [0.25, 0.3) is 0 Å². The second-order valence-corrected chi connectivity index (χ2v) is 3.39. The number of carbonyl (C=O) groups excluding carboxylic acids is 1. The van der Waals surface area contributed by atoms with Gasteiger partial charge in [0.25, 0.3) is 5.91 Å². The van der Waals surface area contributed by atoms with Crippen LogP contribution in [0.15, 0.2) is 24.5 Å². The van der Waals surface area contributed by atoms with Gasteiger partial charge in [-0.05, 0) is 18.2 Å². The number of phenols is 1. The van der Waals surface area contributed by atoms with Crippen molar-refractivity contribution in [2.24, 2.45) is 0 Å². The van der Waals surface area contributed by atoms with Gasteiger partial charge in [-0.2, -0.15) is 5.10 Å². The first kappa shape index (κ1) is 10.9. The van der Waals surface area contributed by atoms with Crippen LogP contribution in [0.4, 0.5) is 5.69 Å². The average molecular weight is 233 g/mol. The van der Waals surface area contributed by atoms with Gasteiger partial charge in [-0.3, -0.25) is 9.89 Å². The lowest BCUT2D eigenvalue weighted by molar-refractivity contribution is 0.0950. The monoisotopic (exact) mass is 233 g/mol. The number of hydrogen-bond donors (Lipinski definition) is 4. The Morgan fingerprint density at radius 3 is 3.06 bits per heavy atom. The maximum Gasteiger partial charge on any atom is 0.253 e. The fourth-order valence-corrected chi connectivity index (χ4v) is 1.32. The van der Waals surface area contributed by atoms with Crippen LogP contribution < -0.4 is 11.1 Å². The van der Waals surface area contributed by atoms with Crippen LogP contribution >= 0.6 is 0 Å². The van der Waals surface area contributed by atoms with E-state index in [-0.39, 0.29) is 23.8 Å². The number of phenolic OH excluding ortho intramolecular Hbond substituents is 1. The lowest BCUT2D eigenvalue weighted by Crippen LogP contribution is -2.24. The molecule has 1 aromatic heterocycles. The molecule has 0 bridgehead atoms. The van der Waals surface area contributed by atoms with Crippen molar-refractivity contribution in [2.75, 3.05) is 5.73 Å². The third-order valence-electron chi connectivity index (χ3n) is 2.16. The molecule has 0 aliphatic rings. The standard InChI is InChI=1S/C10H11N5O2/c11-8-2-1-6(16)3-7(8)10(17)12-4-9-13-5-14-15-9/h1-3,5,16H,4,11H2,(H,12,17)(H,13,14,15). The van der Waals surface area contributed by atoms with Crippen LogP contribution in [-0.4, -0.2) is 26.2 Å². The van der Waals surface area contributed by atoms with Crippen LogP contribution in [0.5, 0.6) is 5.75 Å². The molecule has 0 aliphatic carbocycles. The summed E-state index contributed by atoms with van der Waals surface area (Å²) in [6, 6.07) is 4.20. The third kappa shape index (κ3) is 2.51. The molecule has 17 heavy (non-hydrogen) atoms. The molecule has 7 heteroatoms. The van der Waals surface area contributed by atoms with E-state index >= 15 is 0 Å². The molecule has 5 N–H and O–H groups in total. The smallest absolute Gasteiger partial charge is 0.253 e. The summed E-state index contributed by atoms with van der Waals surface area (Å²) in [4.78, 5) is 15.6. The lowest BCUT2D eigenvalue weighted by Gasteiger charge is -2.06. The molecule has 88 valence electrons. The number of anilines is 1. The molecule has 0 saturated carbocycles. The zero-order valence-electron chi connectivity index (χ0n) is 8.84. The van der Waals surface area contributed by atoms with E-state index in [0.29, 0.717) is 11.5 Å². The van der Waals surface area contributed by atoms with E-state index in [1.165, 1.54) is 24.5 Å². The number of aromatic amines is 1. The number of aromatic nitrogens is 3. The Kier molecular flexibility index (Phi) is 2.91. The Labute approximate surface area is 96.7 Å². The quantitative estimate of drug-likeness (QED) is 0.440. The van der Waals surface area contributed by atoms with Crippen molar-refractivity contribution in [3.8, 4) is 5.75 Å². The normalized spacial score (nSPS) is 10.1. The van der Waals surface area contributed by atoms with Crippen molar-refractivity contribution >= 4 is 11.6 Å². The molecule has 0 saturated heterocycles. The number of carbonyl (C=O) groups is 1. The minimum atomic E-state index is -0.380. The van der Waals surface area contributed by atoms with Crippen LogP contribution in [0, 0.1) is 0 Å². The Morgan fingerprint density at radius 1 is 1.53 bits per heavy atom. The zero-order chi connectivity index (χ0) is 12.3. The first-order valence-corrected chi connectivity index (χ1v) is 4.88. The highest BCUT2D eigenvalue weighted by molar-refractivity contribution is 5.99. The van der Waals surface area contributed by atoms with Gasteiger partial charge in [-0.25, -0.2) is 4.98 Å². The molecule has 0 radical (unpaired) electrons. The van der Waals surface area contributed by atoms with Crippen molar-refractivity contribution in [1.29, 1.82) is 0 Å². The van der Waals surface area contributed by atoms with Crippen LogP contribution in [0.3, 0.4) is 0 Å². The van der Waals surface area contributed by atoms with Crippen molar-refractivity contribution < 1.29 is 9.90 Å². The number of nitrogens with one attached hydrogen (secondary N) is 2. The van der Waals surface area contributed by atoms with Crippen molar-refractivity contribution in [2.45, 2.75) is 6.54 Å². The van der Waals surface area contributed by atoms with E-state index in [1.807, 2.05) is 0 Å². The number of H-pyrrole nitrogens is 1. The Bertz CT molecular complexity index is 523. The van der Waals surface area contributed by atoms with E-state index in [1.54, 1.807) is 0 Å². The lowest BCUT2D eigenvalue weighted by atomic mass is 10.1. The number of hydrogen-bond acceptors (Lipinski definition) is 5. The van der Waals surface area contributed by atoms with Crippen LogP contribution in [0.2, 0.25) is 0 Å².